The molecule has 5 heteroatoms. The van der Waals surface area contributed by atoms with Crippen molar-refractivity contribution in [3.63, 3.8) is 0 Å². The molecule has 110 valence electrons. The summed E-state index contributed by atoms with van der Waals surface area (Å²) in [6, 6.07) is 15.8. The quantitative estimate of drug-likeness (QED) is 0.688. The van der Waals surface area contributed by atoms with Crippen LogP contribution in [0.3, 0.4) is 0 Å². The van der Waals surface area contributed by atoms with Crippen molar-refractivity contribution < 1.29 is 9.53 Å². The average molecular weight is 313 g/mol. The zero-order valence-electron chi connectivity index (χ0n) is 11.8. The van der Waals surface area contributed by atoms with E-state index in [4.69, 9.17) is 16.3 Å². The number of ether oxygens (including phenoxy) is 1. The summed E-state index contributed by atoms with van der Waals surface area (Å²) in [6.45, 7) is 0. The fourth-order valence-electron chi connectivity index (χ4n) is 1.83. The molecule has 22 heavy (non-hydrogen) atoms. The van der Waals surface area contributed by atoms with E-state index in [1.807, 2.05) is 6.07 Å². The number of rotatable bonds is 4. The Morgan fingerprint density at radius 2 is 1.91 bits per heavy atom. The van der Waals surface area contributed by atoms with Crippen LogP contribution in [-0.4, -0.2) is 13.0 Å². The molecule has 1 N–H and O–H groups in total. The van der Waals surface area contributed by atoms with E-state index in [-0.39, 0.29) is 5.57 Å². The van der Waals surface area contributed by atoms with Crippen LogP contribution < -0.4 is 10.1 Å². The van der Waals surface area contributed by atoms with Crippen molar-refractivity contribution in [2.45, 2.75) is 0 Å². The molecule has 2 aromatic rings. The Bertz CT molecular complexity index is 763. The number of amides is 1. The van der Waals surface area contributed by atoms with E-state index in [9.17, 15) is 10.1 Å². The highest BCUT2D eigenvalue weighted by molar-refractivity contribution is 6.32. The number of carbonyl (C=O) groups is 1. The van der Waals surface area contributed by atoms with Gasteiger partial charge in [0.1, 0.15) is 17.4 Å². The average Bonchev–Trinajstić information content (AvgIpc) is 2.54. The molecule has 0 saturated heterocycles. The number of anilines is 1. The number of nitrogens with zero attached hydrogens (tertiary/aromatic N) is 1. The van der Waals surface area contributed by atoms with Crippen LogP contribution in [0.2, 0.25) is 5.02 Å². The maximum absolute atomic E-state index is 12.2. The maximum Gasteiger partial charge on any atom is 0.266 e. The molecule has 2 aromatic carbocycles. The van der Waals surface area contributed by atoms with Gasteiger partial charge in [0.05, 0.1) is 12.8 Å². The first-order valence-electron chi connectivity index (χ1n) is 6.46. The molecule has 0 radical (unpaired) electrons. The van der Waals surface area contributed by atoms with Crippen molar-refractivity contribution >= 4 is 29.3 Å². The Kier molecular flexibility index (Phi) is 5.18. The molecule has 0 saturated carbocycles. The molecule has 0 heterocycles. The van der Waals surface area contributed by atoms with Gasteiger partial charge in [0.15, 0.2) is 0 Å². The predicted molar refractivity (Wildman–Crippen MR) is 86.7 cm³/mol. The Labute approximate surface area is 133 Å². The fraction of sp³-hybridized carbons (Fsp3) is 0.0588. The van der Waals surface area contributed by atoms with E-state index in [0.717, 1.165) is 0 Å². The highest BCUT2D eigenvalue weighted by atomic mass is 35.5. The van der Waals surface area contributed by atoms with Crippen LogP contribution in [0.1, 0.15) is 5.56 Å². The number of para-hydroxylation sites is 2. The fourth-order valence-corrected chi connectivity index (χ4v) is 2.02. The molecule has 0 fully saturated rings. The van der Waals surface area contributed by atoms with Gasteiger partial charge in [-0.15, -0.1) is 0 Å². The van der Waals surface area contributed by atoms with Crippen LogP contribution in [0.5, 0.6) is 5.75 Å². The van der Waals surface area contributed by atoms with Crippen LogP contribution in [0.15, 0.2) is 54.1 Å². The van der Waals surface area contributed by atoms with Crippen LogP contribution in [0.25, 0.3) is 6.08 Å². The van der Waals surface area contributed by atoms with Gasteiger partial charge in [-0.2, -0.15) is 5.26 Å². The molecular formula is C17H13ClN2O2. The van der Waals surface area contributed by atoms with E-state index in [0.29, 0.717) is 22.0 Å². The number of halogens is 1. The topological polar surface area (TPSA) is 62.1 Å². The van der Waals surface area contributed by atoms with Gasteiger partial charge in [0.25, 0.3) is 5.91 Å². The Morgan fingerprint density at radius 1 is 1.23 bits per heavy atom. The molecule has 0 atom stereocenters. The molecule has 0 spiro atoms. The van der Waals surface area contributed by atoms with Gasteiger partial charge in [-0.3, -0.25) is 4.79 Å². The molecule has 4 nitrogen and oxygen atoms in total. The summed E-state index contributed by atoms with van der Waals surface area (Å²) in [4.78, 5) is 12.2. The van der Waals surface area contributed by atoms with Crippen LogP contribution in [0, 0.1) is 11.3 Å². The second kappa shape index (κ2) is 7.30. The van der Waals surface area contributed by atoms with Crippen LogP contribution in [-0.2, 0) is 4.79 Å². The summed E-state index contributed by atoms with van der Waals surface area (Å²) >= 11 is 6.03. The van der Waals surface area contributed by atoms with E-state index in [1.165, 1.54) is 13.2 Å². The lowest BCUT2D eigenvalue weighted by Crippen LogP contribution is -2.14. The minimum Gasteiger partial charge on any atom is -0.495 e. The number of methoxy groups -OCH3 is 1. The Balaban J connectivity index is 2.27. The second-order valence-corrected chi connectivity index (χ2v) is 4.75. The third-order valence-electron chi connectivity index (χ3n) is 2.93. The van der Waals surface area contributed by atoms with Gasteiger partial charge < -0.3 is 10.1 Å². The smallest absolute Gasteiger partial charge is 0.266 e. The van der Waals surface area contributed by atoms with E-state index < -0.39 is 5.91 Å². The number of nitrogens with one attached hydrogen (secondary N) is 1. The Hall–Kier alpha value is -2.77. The molecule has 1 amide bonds. The summed E-state index contributed by atoms with van der Waals surface area (Å²) in [5.41, 5.74) is 1.06. The molecule has 0 aliphatic rings. The molecular weight excluding hydrogens is 300 g/mol. The lowest BCUT2D eigenvalue weighted by molar-refractivity contribution is -0.112. The number of hydrogen-bond acceptors (Lipinski definition) is 3. The first kappa shape index (κ1) is 15.6. The lowest BCUT2D eigenvalue weighted by Gasteiger charge is -2.09. The summed E-state index contributed by atoms with van der Waals surface area (Å²) in [6.07, 6.45) is 1.45. The zero-order valence-corrected chi connectivity index (χ0v) is 12.6. The standard InChI is InChI=1S/C17H13ClN2O2/c1-22-16-9-5-4-8-15(16)20-17(21)13(11-19)10-12-6-2-3-7-14(12)18/h2-10H,1H3,(H,20,21)/b13-10+. The number of nitriles is 1. The summed E-state index contributed by atoms with van der Waals surface area (Å²) in [5, 5.41) is 12.3. The first-order chi connectivity index (χ1) is 10.7. The lowest BCUT2D eigenvalue weighted by atomic mass is 10.1. The SMILES string of the molecule is COc1ccccc1NC(=O)/C(C#N)=C/c1ccccc1Cl. The first-order valence-corrected chi connectivity index (χ1v) is 6.84. The number of hydrogen-bond donors (Lipinski definition) is 1. The van der Waals surface area contributed by atoms with Gasteiger partial charge >= 0.3 is 0 Å². The van der Waals surface area contributed by atoms with E-state index in [1.54, 1.807) is 48.5 Å². The van der Waals surface area contributed by atoms with Crippen molar-refractivity contribution in [3.05, 3.63) is 64.7 Å². The largest absolute Gasteiger partial charge is 0.495 e. The Morgan fingerprint density at radius 3 is 2.59 bits per heavy atom. The minimum atomic E-state index is -0.521. The summed E-state index contributed by atoms with van der Waals surface area (Å²) in [5.74, 6) is -0.00203. The van der Waals surface area contributed by atoms with Crippen molar-refractivity contribution in [1.82, 2.24) is 0 Å². The number of carbonyl (C=O) groups excluding carboxylic acids is 1. The van der Waals surface area contributed by atoms with Crippen molar-refractivity contribution in [2.24, 2.45) is 0 Å². The molecule has 0 aromatic heterocycles. The van der Waals surface area contributed by atoms with E-state index >= 15 is 0 Å². The normalized spacial score (nSPS) is 10.7. The summed E-state index contributed by atoms with van der Waals surface area (Å²) in [7, 11) is 1.51. The van der Waals surface area contributed by atoms with Gasteiger partial charge in [0, 0.05) is 5.02 Å². The van der Waals surface area contributed by atoms with Crippen LogP contribution >= 0.6 is 11.6 Å². The summed E-state index contributed by atoms with van der Waals surface area (Å²) < 4.78 is 5.16. The zero-order chi connectivity index (χ0) is 15.9. The molecule has 0 aliphatic heterocycles. The number of benzene rings is 2. The van der Waals surface area contributed by atoms with Gasteiger partial charge in [-0.1, -0.05) is 41.9 Å². The molecule has 0 aliphatic carbocycles. The highest BCUT2D eigenvalue weighted by Crippen LogP contribution is 2.24. The third-order valence-corrected chi connectivity index (χ3v) is 3.27. The molecule has 2 rings (SSSR count). The second-order valence-electron chi connectivity index (χ2n) is 4.35. The van der Waals surface area contributed by atoms with Gasteiger partial charge in [-0.05, 0) is 29.8 Å². The molecule has 0 unspecified atom stereocenters. The van der Waals surface area contributed by atoms with Gasteiger partial charge in [-0.25, -0.2) is 0 Å². The van der Waals surface area contributed by atoms with Crippen molar-refractivity contribution in [2.75, 3.05) is 12.4 Å². The minimum absolute atomic E-state index is 0.0426. The van der Waals surface area contributed by atoms with Crippen molar-refractivity contribution in [3.8, 4) is 11.8 Å². The van der Waals surface area contributed by atoms with Crippen LogP contribution in [0.4, 0.5) is 5.69 Å². The van der Waals surface area contributed by atoms with Crippen molar-refractivity contribution in [1.29, 1.82) is 5.26 Å². The van der Waals surface area contributed by atoms with E-state index in [2.05, 4.69) is 5.32 Å². The molecule has 0 bridgehead atoms. The monoisotopic (exact) mass is 312 g/mol. The maximum atomic E-state index is 12.2. The predicted octanol–water partition coefficient (Wildman–Crippen LogP) is 3.89. The van der Waals surface area contributed by atoms with Gasteiger partial charge in [0.2, 0.25) is 0 Å². The third kappa shape index (κ3) is 3.66. The highest BCUT2D eigenvalue weighted by Gasteiger charge is 2.12.